The number of benzene rings is 1. The summed E-state index contributed by atoms with van der Waals surface area (Å²) in [7, 11) is 0. The number of aromatic hydroxyl groups is 1. The predicted molar refractivity (Wildman–Crippen MR) is 74.1 cm³/mol. The van der Waals surface area contributed by atoms with E-state index in [1.807, 2.05) is 19.1 Å². The molecule has 2 rings (SSSR count). The molecular formula is C15H23NO2. The van der Waals surface area contributed by atoms with Crippen LogP contribution >= 0.6 is 0 Å². The van der Waals surface area contributed by atoms with Gasteiger partial charge in [-0.15, -0.1) is 0 Å². The number of nitrogens with one attached hydrogen (secondary N) is 1. The second-order valence-corrected chi connectivity index (χ2v) is 5.15. The highest BCUT2D eigenvalue weighted by Crippen LogP contribution is 2.24. The van der Waals surface area contributed by atoms with Gasteiger partial charge in [0.15, 0.2) is 0 Å². The Hall–Kier alpha value is -1.22. The molecular weight excluding hydrogens is 226 g/mol. The van der Waals surface area contributed by atoms with Gasteiger partial charge in [-0.05, 0) is 49.9 Å². The third-order valence-corrected chi connectivity index (χ3v) is 3.55. The van der Waals surface area contributed by atoms with E-state index in [2.05, 4.69) is 12.2 Å². The van der Waals surface area contributed by atoms with Crippen LogP contribution in [-0.4, -0.2) is 23.9 Å². The predicted octanol–water partition coefficient (Wildman–Crippen LogP) is 3.46. The number of phenolic OH excluding ortho intramolecular Hbond substituents is 1. The van der Waals surface area contributed by atoms with E-state index in [1.54, 1.807) is 6.07 Å². The molecule has 1 aliphatic rings. The van der Waals surface area contributed by atoms with Crippen LogP contribution in [0.1, 0.15) is 38.2 Å². The molecule has 0 aromatic heterocycles. The SMILES string of the molecule is CCCC1CC(Nc2ccc(O)c(C)c2)CCO1. The molecule has 0 amide bonds. The molecule has 1 aliphatic heterocycles. The maximum Gasteiger partial charge on any atom is 0.118 e. The summed E-state index contributed by atoms with van der Waals surface area (Å²) in [4.78, 5) is 0. The standard InChI is InChI=1S/C15H23NO2/c1-3-4-14-10-13(7-8-18-14)16-12-5-6-15(17)11(2)9-12/h5-6,9,13-14,16-17H,3-4,7-8,10H2,1-2H3. The largest absolute Gasteiger partial charge is 0.508 e. The van der Waals surface area contributed by atoms with Gasteiger partial charge in [0, 0.05) is 18.3 Å². The summed E-state index contributed by atoms with van der Waals surface area (Å²) in [5, 5.41) is 13.1. The van der Waals surface area contributed by atoms with Crippen molar-refractivity contribution in [3.05, 3.63) is 23.8 Å². The molecule has 0 aliphatic carbocycles. The van der Waals surface area contributed by atoms with E-state index in [1.165, 1.54) is 6.42 Å². The van der Waals surface area contributed by atoms with Crippen molar-refractivity contribution in [2.75, 3.05) is 11.9 Å². The van der Waals surface area contributed by atoms with Gasteiger partial charge >= 0.3 is 0 Å². The average Bonchev–Trinajstić information content (AvgIpc) is 2.35. The molecule has 2 unspecified atom stereocenters. The molecule has 0 bridgehead atoms. The summed E-state index contributed by atoms with van der Waals surface area (Å²) in [6, 6.07) is 6.17. The summed E-state index contributed by atoms with van der Waals surface area (Å²) >= 11 is 0. The maximum atomic E-state index is 9.51. The van der Waals surface area contributed by atoms with Crippen LogP contribution in [0.2, 0.25) is 0 Å². The van der Waals surface area contributed by atoms with Gasteiger partial charge in [0.25, 0.3) is 0 Å². The molecule has 0 spiro atoms. The van der Waals surface area contributed by atoms with Gasteiger partial charge in [-0.2, -0.15) is 0 Å². The van der Waals surface area contributed by atoms with Gasteiger partial charge in [-0.3, -0.25) is 0 Å². The van der Waals surface area contributed by atoms with E-state index >= 15 is 0 Å². The number of rotatable bonds is 4. The van der Waals surface area contributed by atoms with E-state index in [9.17, 15) is 5.11 Å². The van der Waals surface area contributed by atoms with Crippen molar-refractivity contribution in [3.63, 3.8) is 0 Å². The highest BCUT2D eigenvalue weighted by atomic mass is 16.5. The lowest BCUT2D eigenvalue weighted by molar-refractivity contribution is 0.00598. The molecule has 2 atom stereocenters. The second kappa shape index (κ2) is 6.10. The quantitative estimate of drug-likeness (QED) is 0.803. The summed E-state index contributed by atoms with van der Waals surface area (Å²) < 4.78 is 5.75. The zero-order chi connectivity index (χ0) is 13.0. The highest BCUT2D eigenvalue weighted by molar-refractivity contribution is 5.50. The normalized spacial score (nSPS) is 23.9. The first-order valence-electron chi connectivity index (χ1n) is 6.86. The summed E-state index contributed by atoms with van der Waals surface area (Å²) in [5.74, 6) is 0.358. The molecule has 18 heavy (non-hydrogen) atoms. The molecule has 1 aromatic rings. The van der Waals surface area contributed by atoms with Crippen molar-refractivity contribution in [1.29, 1.82) is 0 Å². The smallest absolute Gasteiger partial charge is 0.118 e. The molecule has 1 heterocycles. The number of ether oxygens (including phenoxy) is 1. The number of aryl methyl sites for hydroxylation is 1. The van der Waals surface area contributed by atoms with Gasteiger partial charge in [0.05, 0.1) is 6.10 Å². The summed E-state index contributed by atoms with van der Waals surface area (Å²) in [5.41, 5.74) is 2.00. The van der Waals surface area contributed by atoms with Crippen molar-refractivity contribution < 1.29 is 9.84 Å². The second-order valence-electron chi connectivity index (χ2n) is 5.15. The molecule has 3 nitrogen and oxygen atoms in total. The Morgan fingerprint density at radius 2 is 2.28 bits per heavy atom. The first-order valence-corrected chi connectivity index (χ1v) is 6.86. The Morgan fingerprint density at radius 3 is 3.00 bits per heavy atom. The number of hydrogen-bond donors (Lipinski definition) is 2. The van der Waals surface area contributed by atoms with Crippen molar-refractivity contribution in [1.82, 2.24) is 0 Å². The van der Waals surface area contributed by atoms with Crippen LogP contribution in [0.4, 0.5) is 5.69 Å². The van der Waals surface area contributed by atoms with Crippen LogP contribution < -0.4 is 5.32 Å². The third kappa shape index (κ3) is 3.39. The topological polar surface area (TPSA) is 41.5 Å². The third-order valence-electron chi connectivity index (χ3n) is 3.55. The fraction of sp³-hybridized carbons (Fsp3) is 0.600. The maximum absolute atomic E-state index is 9.51. The fourth-order valence-electron chi connectivity index (χ4n) is 2.52. The Labute approximate surface area is 109 Å². The lowest BCUT2D eigenvalue weighted by Gasteiger charge is -2.30. The first-order chi connectivity index (χ1) is 8.69. The average molecular weight is 249 g/mol. The Morgan fingerprint density at radius 1 is 1.44 bits per heavy atom. The Bertz CT molecular complexity index is 390. The summed E-state index contributed by atoms with van der Waals surface area (Å²) in [6.07, 6.45) is 4.86. The summed E-state index contributed by atoms with van der Waals surface area (Å²) in [6.45, 7) is 4.97. The zero-order valence-electron chi connectivity index (χ0n) is 11.3. The van der Waals surface area contributed by atoms with Gasteiger partial charge in [-0.25, -0.2) is 0 Å². The van der Waals surface area contributed by atoms with Crippen LogP contribution in [0, 0.1) is 6.92 Å². The first kappa shape index (κ1) is 13.2. The lowest BCUT2D eigenvalue weighted by Crippen LogP contribution is -2.33. The van der Waals surface area contributed by atoms with Gasteiger partial charge in [0.2, 0.25) is 0 Å². The fourth-order valence-corrected chi connectivity index (χ4v) is 2.52. The van der Waals surface area contributed by atoms with Crippen molar-refractivity contribution in [2.24, 2.45) is 0 Å². The van der Waals surface area contributed by atoms with E-state index in [0.29, 0.717) is 17.9 Å². The van der Waals surface area contributed by atoms with Crippen molar-refractivity contribution in [3.8, 4) is 5.75 Å². The molecule has 0 saturated carbocycles. The highest BCUT2D eigenvalue weighted by Gasteiger charge is 2.21. The van der Waals surface area contributed by atoms with Crippen LogP contribution in [0.3, 0.4) is 0 Å². The zero-order valence-corrected chi connectivity index (χ0v) is 11.3. The van der Waals surface area contributed by atoms with Crippen LogP contribution in [-0.2, 0) is 4.74 Å². The molecule has 2 N–H and O–H groups in total. The van der Waals surface area contributed by atoms with Gasteiger partial charge < -0.3 is 15.2 Å². The van der Waals surface area contributed by atoms with Crippen molar-refractivity contribution in [2.45, 2.75) is 51.7 Å². The van der Waals surface area contributed by atoms with E-state index in [0.717, 1.165) is 37.1 Å². The molecule has 1 aromatic carbocycles. The lowest BCUT2D eigenvalue weighted by atomic mass is 9.99. The number of hydrogen-bond acceptors (Lipinski definition) is 3. The minimum absolute atomic E-state index is 0.358. The molecule has 0 radical (unpaired) electrons. The van der Waals surface area contributed by atoms with E-state index in [4.69, 9.17) is 4.74 Å². The monoisotopic (exact) mass is 249 g/mol. The van der Waals surface area contributed by atoms with Crippen molar-refractivity contribution >= 4 is 5.69 Å². The molecule has 1 fully saturated rings. The minimum Gasteiger partial charge on any atom is -0.508 e. The minimum atomic E-state index is 0.358. The van der Waals surface area contributed by atoms with Crippen LogP contribution in [0.5, 0.6) is 5.75 Å². The van der Waals surface area contributed by atoms with Crippen LogP contribution in [0.25, 0.3) is 0 Å². The number of anilines is 1. The molecule has 3 heteroatoms. The Balaban J connectivity index is 1.93. The van der Waals surface area contributed by atoms with Gasteiger partial charge in [0.1, 0.15) is 5.75 Å². The van der Waals surface area contributed by atoms with E-state index < -0.39 is 0 Å². The number of phenols is 1. The van der Waals surface area contributed by atoms with Gasteiger partial charge in [-0.1, -0.05) is 13.3 Å². The van der Waals surface area contributed by atoms with Crippen LogP contribution in [0.15, 0.2) is 18.2 Å². The Kier molecular flexibility index (Phi) is 4.48. The molecule has 100 valence electrons. The van der Waals surface area contributed by atoms with E-state index in [-0.39, 0.29) is 0 Å². The molecule has 1 saturated heterocycles.